The van der Waals surface area contributed by atoms with Crippen LogP contribution in [-0.2, 0) is 14.8 Å². The number of aryl methyl sites for hydroxylation is 2. The van der Waals surface area contributed by atoms with Crippen molar-refractivity contribution < 1.29 is 17.6 Å². The number of halogens is 1. The van der Waals surface area contributed by atoms with Gasteiger partial charge in [0.25, 0.3) is 15.9 Å². The summed E-state index contributed by atoms with van der Waals surface area (Å²) in [6.45, 7) is 3.18. The number of carbonyl (C=O) groups excluding carboxylic acids is 1. The molecule has 0 spiro atoms. The van der Waals surface area contributed by atoms with Crippen LogP contribution in [0.25, 0.3) is 0 Å². The van der Waals surface area contributed by atoms with Crippen molar-refractivity contribution in [1.29, 1.82) is 0 Å². The quantitative estimate of drug-likeness (QED) is 0.449. The van der Waals surface area contributed by atoms with Crippen molar-refractivity contribution in [3.05, 3.63) is 95.3 Å². The van der Waals surface area contributed by atoms with Crippen LogP contribution in [0.15, 0.2) is 82.8 Å². The summed E-state index contributed by atoms with van der Waals surface area (Å²) in [4.78, 5) is 12.6. The predicted octanol–water partition coefficient (Wildman–Crippen LogP) is 3.79. The monoisotopic (exact) mass is 439 g/mol. The van der Waals surface area contributed by atoms with Gasteiger partial charge in [-0.3, -0.25) is 9.10 Å². The van der Waals surface area contributed by atoms with Gasteiger partial charge in [0.05, 0.1) is 16.8 Å². The van der Waals surface area contributed by atoms with Crippen LogP contribution in [0.3, 0.4) is 0 Å². The van der Waals surface area contributed by atoms with E-state index < -0.39 is 22.5 Å². The number of nitrogens with one attached hydrogen (secondary N) is 1. The van der Waals surface area contributed by atoms with Gasteiger partial charge in [-0.1, -0.05) is 42.5 Å². The lowest BCUT2D eigenvalue weighted by atomic mass is 10.1. The Morgan fingerprint density at radius 3 is 2.39 bits per heavy atom. The average molecular weight is 440 g/mol. The fraction of sp³-hybridized carbons (Fsp3) is 0.130. The molecule has 160 valence electrons. The maximum Gasteiger partial charge on any atom is 0.264 e. The van der Waals surface area contributed by atoms with Gasteiger partial charge in [0.1, 0.15) is 12.4 Å². The third-order valence-electron chi connectivity index (χ3n) is 4.52. The summed E-state index contributed by atoms with van der Waals surface area (Å²) < 4.78 is 40.7. The zero-order valence-corrected chi connectivity index (χ0v) is 17.9. The number of hydrazone groups is 1. The molecule has 0 saturated carbocycles. The molecule has 0 atom stereocenters. The molecule has 6 nitrogen and oxygen atoms in total. The second-order valence-corrected chi connectivity index (χ2v) is 8.82. The van der Waals surface area contributed by atoms with E-state index in [1.807, 2.05) is 19.1 Å². The summed E-state index contributed by atoms with van der Waals surface area (Å²) in [6.07, 6.45) is 1.35. The Kier molecular flexibility index (Phi) is 6.81. The zero-order chi connectivity index (χ0) is 22.4. The number of nitrogens with zero attached hydrogens (tertiary/aromatic N) is 2. The van der Waals surface area contributed by atoms with Gasteiger partial charge in [-0.25, -0.2) is 18.2 Å². The summed E-state index contributed by atoms with van der Waals surface area (Å²) in [5.74, 6) is -0.991. The predicted molar refractivity (Wildman–Crippen MR) is 119 cm³/mol. The first kappa shape index (κ1) is 22.2. The standard InChI is InChI=1S/C23H22FN3O3S/c1-17-8-9-18(2)22(14-17)27(31(29,30)21-6-4-3-5-7-21)16-23(28)26-25-15-19-10-12-20(24)13-11-19/h3-15H,16H2,1-2H3,(H,26,28)/b25-15-. The van der Waals surface area contributed by atoms with E-state index in [9.17, 15) is 17.6 Å². The molecule has 0 saturated heterocycles. The third-order valence-corrected chi connectivity index (χ3v) is 6.30. The molecule has 1 amide bonds. The minimum atomic E-state index is -3.99. The van der Waals surface area contributed by atoms with Gasteiger partial charge in [0.15, 0.2) is 0 Å². The van der Waals surface area contributed by atoms with E-state index in [-0.39, 0.29) is 10.7 Å². The first-order chi connectivity index (χ1) is 14.8. The van der Waals surface area contributed by atoms with E-state index in [2.05, 4.69) is 10.5 Å². The second kappa shape index (κ2) is 9.53. The third kappa shape index (κ3) is 5.55. The first-order valence-corrected chi connectivity index (χ1v) is 10.9. The molecule has 0 fully saturated rings. The van der Waals surface area contributed by atoms with Crippen LogP contribution < -0.4 is 9.73 Å². The molecular formula is C23H22FN3O3S. The highest BCUT2D eigenvalue weighted by atomic mass is 32.2. The van der Waals surface area contributed by atoms with Crippen molar-refractivity contribution in [2.75, 3.05) is 10.8 Å². The molecule has 0 heterocycles. The fourth-order valence-electron chi connectivity index (χ4n) is 2.90. The SMILES string of the molecule is Cc1ccc(C)c(N(CC(=O)N/N=C\c2ccc(F)cc2)S(=O)(=O)c2ccccc2)c1. The highest BCUT2D eigenvalue weighted by Gasteiger charge is 2.28. The van der Waals surface area contributed by atoms with E-state index in [0.29, 0.717) is 16.8 Å². The van der Waals surface area contributed by atoms with E-state index in [1.165, 1.54) is 42.6 Å². The Bertz CT molecular complexity index is 1190. The molecule has 8 heteroatoms. The largest absolute Gasteiger partial charge is 0.271 e. The lowest BCUT2D eigenvalue weighted by Gasteiger charge is -2.25. The van der Waals surface area contributed by atoms with E-state index in [0.717, 1.165) is 9.87 Å². The lowest BCUT2D eigenvalue weighted by molar-refractivity contribution is -0.119. The van der Waals surface area contributed by atoms with Crippen LogP contribution in [0.4, 0.5) is 10.1 Å². The number of hydrogen-bond donors (Lipinski definition) is 1. The Labute approximate surface area is 181 Å². The number of anilines is 1. The van der Waals surface area contributed by atoms with Crippen LogP contribution in [0, 0.1) is 19.7 Å². The van der Waals surface area contributed by atoms with Gasteiger partial charge in [-0.15, -0.1) is 0 Å². The normalized spacial score (nSPS) is 11.5. The summed E-state index contributed by atoms with van der Waals surface area (Å²) in [6, 6.07) is 18.9. The van der Waals surface area contributed by atoms with E-state index in [1.54, 1.807) is 31.2 Å². The van der Waals surface area contributed by atoms with Crippen molar-refractivity contribution in [2.24, 2.45) is 5.10 Å². The smallest absolute Gasteiger partial charge is 0.264 e. The first-order valence-electron chi connectivity index (χ1n) is 9.50. The molecular weight excluding hydrogens is 417 g/mol. The molecule has 0 aliphatic rings. The fourth-order valence-corrected chi connectivity index (χ4v) is 4.40. The number of sulfonamides is 1. The summed E-state index contributed by atoms with van der Waals surface area (Å²) in [7, 11) is -3.99. The van der Waals surface area contributed by atoms with E-state index >= 15 is 0 Å². The Hall–Kier alpha value is -3.52. The van der Waals surface area contributed by atoms with Crippen LogP contribution in [0.5, 0.6) is 0 Å². The van der Waals surface area contributed by atoms with Crippen LogP contribution >= 0.6 is 0 Å². The molecule has 1 N–H and O–H groups in total. The minimum absolute atomic E-state index is 0.0820. The Balaban J connectivity index is 1.87. The Morgan fingerprint density at radius 1 is 1.03 bits per heavy atom. The van der Waals surface area contributed by atoms with Gasteiger partial charge in [0.2, 0.25) is 0 Å². The molecule has 0 radical (unpaired) electrons. The molecule has 0 aliphatic heterocycles. The highest BCUT2D eigenvalue weighted by molar-refractivity contribution is 7.92. The van der Waals surface area contributed by atoms with Gasteiger partial charge >= 0.3 is 0 Å². The van der Waals surface area contributed by atoms with Crippen LogP contribution in [-0.4, -0.2) is 27.1 Å². The number of benzene rings is 3. The number of hydrogen-bond acceptors (Lipinski definition) is 4. The molecule has 0 aliphatic carbocycles. The molecule has 31 heavy (non-hydrogen) atoms. The topological polar surface area (TPSA) is 78.8 Å². The zero-order valence-electron chi connectivity index (χ0n) is 17.1. The summed E-state index contributed by atoms with van der Waals surface area (Å²) >= 11 is 0. The summed E-state index contributed by atoms with van der Waals surface area (Å²) in [5.41, 5.74) is 4.92. The van der Waals surface area contributed by atoms with Gasteiger partial charge in [-0.05, 0) is 60.9 Å². The average Bonchev–Trinajstić information content (AvgIpc) is 2.76. The van der Waals surface area contributed by atoms with Gasteiger partial charge < -0.3 is 0 Å². The molecule has 0 unspecified atom stereocenters. The van der Waals surface area contributed by atoms with Crippen LogP contribution in [0.2, 0.25) is 0 Å². The van der Waals surface area contributed by atoms with E-state index in [4.69, 9.17) is 0 Å². The minimum Gasteiger partial charge on any atom is -0.271 e. The number of rotatable bonds is 7. The van der Waals surface area contributed by atoms with Crippen molar-refractivity contribution in [1.82, 2.24) is 5.43 Å². The van der Waals surface area contributed by atoms with Crippen molar-refractivity contribution >= 4 is 27.8 Å². The highest BCUT2D eigenvalue weighted by Crippen LogP contribution is 2.27. The molecule has 0 bridgehead atoms. The second-order valence-electron chi connectivity index (χ2n) is 6.96. The molecule has 3 aromatic rings. The Morgan fingerprint density at radius 2 is 1.71 bits per heavy atom. The van der Waals surface area contributed by atoms with Gasteiger partial charge in [0, 0.05) is 0 Å². The molecule has 0 aromatic heterocycles. The maximum absolute atomic E-state index is 13.3. The van der Waals surface area contributed by atoms with Crippen molar-refractivity contribution in [3.8, 4) is 0 Å². The maximum atomic E-state index is 13.3. The number of carbonyl (C=O) groups is 1. The molecule has 3 rings (SSSR count). The molecule has 3 aromatic carbocycles. The van der Waals surface area contributed by atoms with Gasteiger partial charge in [-0.2, -0.15) is 5.10 Å². The summed E-state index contributed by atoms with van der Waals surface area (Å²) in [5, 5.41) is 3.84. The van der Waals surface area contributed by atoms with Crippen LogP contribution in [0.1, 0.15) is 16.7 Å². The lowest BCUT2D eigenvalue weighted by Crippen LogP contribution is -2.40. The number of amides is 1. The van der Waals surface area contributed by atoms with Crippen molar-refractivity contribution in [2.45, 2.75) is 18.7 Å². The van der Waals surface area contributed by atoms with Crippen molar-refractivity contribution in [3.63, 3.8) is 0 Å².